The number of benzene rings is 2. The SMILES string of the molecule is COc1cc(NC(=O)c2ccccc2C)ccc1OC(F)F. The largest absolute Gasteiger partial charge is 0.493 e. The molecule has 1 N–H and O–H groups in total. The van der Waals surface area contributed by atoms with E-state index in [-0.39, 0.29) is 17.4 Å². The molecule has 0 heterocycles. The second kappa shape index (κ2) is 6.89. The molecule has 0 radical (unpaired) electrons. The van der Waals surface area contributed by atoms with Crippen molar-refractivity contribution in [3.63, 3.8) is 0 Å². The Kier molecular flexibility index (Phi) is 4.93. The zero-order chi connectivity index (χ0) is 16.1. The molecule has 0 aliphatic heterocycles. The van der Waals surface area contributed by atoms with E-state index >= 15 is 0 Å². The predicted octanol–water partition coefficient (Wildman–Crippen LogP) is 3.86. The lowest BCUT2D eigenvalue weighted by atomic mass is 10.1. The number of nitrogens with one attached hydrogen (secondary N) is 1. The predicted molar refractivity (Wildman–Crippen MR) is 78.8 cm³/mol. The van der Waals surface area contributed by atoms with E-state index in [1.165, 1.54) is 25.3 Å². The minimum atomic E-state index is -2.94. The fraction of sp³-hybridized carbons (Fsp3) is 0.188. The Morgan fingerprint density at radius 2 is 1.86 bits per heavy atom. The quantitative estimate of drug-likeness (QED) is 0.912. The Balaban J connectivity index is 2.20. The zero-order valence-corrected chi connectivity index (χ0v) is 12.1. The molecule has 0 fully saturated rings. The summed E-state index contributed by atoms with van der Waals surface area (Å²) in [6.07, 6.45) is 0. The molecule has 0 spiro atoms. The van der Waals surface area contributed by atoms with E-state index in [2.05, 4.69) is 10.1 Å². The van der Waals surface area contributed by atoms with Gasteiger partial charge in [-0.05, 0) is 30.7 Å². The number of methoxy groups -OCH3 is 1. The summed E-state index contributed by atoms with van der Waals surface area (Å²) >= 11 is 0. The van der Waals surface area contributed by atoms with E-state index in [9.17, 15) is 13.6 Å². The zero-order valence-electron chi connectivity index (χ0n) is 12.1. The number of hydrogen-bond donors (Lipinski definition) is 1. The van der Waals surface area contributed by atoms with Gasteiger partial charge in [-0.2, -0.15) is 8.78 Å². The van der Waals surface area contributed by atoms with Crippen molar-refractivity contribution in [2.45, 2.75) is 13.5 Å². The average Bonchev–Trinajstić information content (AvgIpc) is 2.48. The summed E-state index contributed by atoms with van der Waals surface area (Å²) in [7, 11) is 1.33. The van der Waals surface area contributed by atoms with Crippen LogP contribution in [0.1, 0.15) is 15.9 Å². The standard InChI is InChI=1S/C16H15F2NO3/c1-10-5-3-4-6-12(10)15(20)19-11-7-8-13(22-16(17)18)14(9-11)21-2/h3-9,16H,1-2H3,(H,19,20). The molecule has 0 aliphatic rings. The highest BCUT2D eigenvalue weighted by Crippen LogP contribution is 2.31. The van der Waals surface area contributed by atoms with Crippen LogP contribution in [0.2, 0.25) is 0 Å². The van der Waals surface area contributed by atoms with Crippen LogP contribution in [0, 0.1) is 6.92 Å². The van der Waals surface area contributed by atoms with Crippen LogP contribution in [0.4, 0.5) is 14.5 Å². The van der Waals surface area contributed by atoms with Crippen molar-refractivity contribution in [3.05, 3.63) is 53.6 Å². The molecule has 116 valence electrons. The number of ether oxygens (including phenoxy) is 2. The molecule has 0 saturated carbocycles. The fourth-order valence-corrected chi connectivity index (χ4v) is 1.96. The fourth-order valence-electron chi connectivity index (χ4n) is 1.96. The number of rotatable bonds is 5. The van der Waals surface area contributed by atoms with Crippen molar-refractivity contribution in [1.82, 2.24) is 0 Å². The molecule has 2 rings (SSSR count). The summed E-state index contributed by atoms with van der Waals surface area (Å²) in [5.74, 6) is -0.267. The number of anilines is 1. The van der Waals surface area contributed by atoms with Gasteiger partial charge >= 0.3 is 6.61 Å². The third-order valence-electron chi connectivity index (χ3n) is 3.03. The second-order valence-electron chi connectivity index (χ2n) is 4.51. The Hall–Kier alpha value is -2.63. The Labute approximate surface area is 126 Å². The molecule has 22 heavy (non-hydrogen) atoms. The first-order valence-corrected chi connectivity index (χ1v) is 6.51. The molecule has 0 aliphatic carbocycles. The van der Waals surface area contributed by atoms with Crippen molar-refractivity contribution in [1.29, 1.82) is 0 Å². The molecule has 2 aromatic carbocycles. The topological polar surface area (TPSA) is 47.6 Å². The molecular weight excluding hydrogens is 292 g/mol. The van der Waals surface area contributed by atoms with Crippen molar-refractivity contribution in [2.75, 3.05) is 12.4 Å². The van der Waals surface area contributed by atoms with Gasteiger partial charge in [0, 0.05) is 17.3 Å². The van der Waals surface area contributed by atoms with Crippen LogP contribution in [-0.2, 0) is 0 Å². The summed E-state index contributed by atoms with van der Waals surface area (Å²) in [4.78, 5) is 12.2. The highest BCUT2D eigenvalue weighted by Gasteiger charge is 2.13. The van der Waals surface area contributed by atoms with E-state index in [1.54, 1.807) is 12.1 Å². The van der Waals surface area contributed by atoms with E-state index in [4.69, 9.17) is 4.74 Å². The molecule has 4 nitrogen and oxygen atoms in total. The van der Waals surface area contributed by atoms with Gasteiger partial charge in [0.2, 0.25) is 0 Å². The average molecular weight is 307 g/mol. The third kappa shape index (κ3) is 3.72. The number of halogens is 2. The highest BCUT2D eigenvalue weighted by atomic mass is 19.3. The van der Waals surface area contributed by atoms with Gasteiger partial charge in [0.05, 0.1) is 7.11 Å². The van der Waals surface area contributed by atoms with Crippen LogP contribution in [0.25, 0.3) is 0 Å². The van der Waals surface area contributed by atoms with Gasteiger partial charge in [0.25, 0.3) is 5.91 Å². The molecule has 1 amide bonds. The van der Waals surface area contributed by atoms with Crippen molar-refractivity contribution in [3.8, 4) is 11.5 Å². The van der Waals surface area contributed by atoms with E-state index in [1.807, 2.05) is 19.1 Å². The van der Waals surface area contributed by atoms with Gasteiger partial charge in [-0.15, -0.1) is 0 Å². The Morgan fingerprint density at radius 1 is 1.14 bits per heavy atom. The van der Waals surface area contributed by atoms with Crippen LogP contribution >= 0.6 is 0 Å². The molecule has 6 heteroatoms. The smallest absolute Gasteiger partial charge is 0.387 e. The first kappa shape index (κ1) is 15.8. The first-order valence-electron chi connectivity index (χ1n) is 6.51. The van der Waals surface area contributed by atoms with Crippen molar-refractivity contribution in [2.24, 2.45) is 0 Å². The molecule has 2 aromatic rings. The summed E-state index contributed by atoms with van der Waals surface area (Å²) in [6.45, 7) is -1.11. The lowest BCUT2D eigenvalue weighted by molar-refractivity contribution is -0.0512. The van der Waals surface area contributed by atoms with Gasteiger partial charge < -0.3 is 14.8 Å². The summed E-state index contributed by atoms with van der Waals surface area (Å²) in [6, 6.07) is 11.3. The normalized spacial score (nSPS) is 10.4. The lowest BCUT2D eigenvalue weighted by Gasteiger charge is -2.12. The third-order valence-corrected chi connectivity index (χ3v) is 3.03. The van der Waals surface area contributed by atoms with E-state index in [0.717, 1.165) is 5.56 Å². The second-order valence-corrected chi connectivity index (χ2v) is 4.51. The van der Waals surface area contributed by atoms with Crippen LogP contribution in [0.3, 0.4) is 0 Å². The maximum absolute atomic E-state index is 12.3. The van der Waals surface area contributed by atoms with Crippen LogP contribution in [0.15, 0.2) is 42.5 Å². The van der Waals surface area contributed by atoms with Crippen LogP contribution in [-0.4, -0.2) is 19.6 Å². The number of aryl methyl sites for hydroxylation is 1. The molecule has 0 unspecified atom stereocenters. The van der Waals surface area contributed by atoms with E-state index < -0.39 is 6.61 Å². The summed E-state index contributed by atoms with van der Waals surface area (Å²) in [5, 5.41) is 2.69. The summed E-state index contributed by atoms with van der Waals surface area (Å²) in [5.41, 5.74) is 1.80. The highest BCUT2D eigenvalue weighted by molar-refractivity contribution is 6.05. The molecule has 0 aromatic heterocycles. The summed E-state index contributed by atoms with van der Waals surface area (Å²) < 4.78 is 33.8. The first-order chi connectivity index (χ1) is 10.5. The van der Waals surface area contributed by atoms with Gasteiger partial charge in [0.1, 0.15) is 0 Å². The van der Waals surface area contributed by atoms with Gasteiger partial charge in [0.15, 0.2) is 11.5 Å². The number of carbonyl (C=O) groups excluding carboxylic acids is 1. The van der Waals surface area contributed by atoms with E-state index in [0.29, 0.717) is 11.3 Å². The maximum atomic E-state index is 12.3. The van der Waals surface area contributed by atoms with Crippen LogP contribution < -0.4 is 14.8 Å². The van der Waals surface area contributed by atoms with Gasteiger partial charge in [-0.25, -0.2) is 0 Å². The molecule has 0 bridgehead atoms. The number of alkyl halides is 2. The minimum Gasteiger partial charge on any atom is -0.493 e. The number of hydrogen-bond acceptors (Lipinski definition) is 3. The number of carbonyl (C=O) groups is 1. The van der Waals surface area contributed by atoms with Crippen LogP contribution in [0.5, 0.6) is 11.5 Å². The van der Waals surface area contributed by atoms with Gasteiger partial charge in [-0.1, -0.05) is 18.2 Å². The monoisotopic (exact) mass is 307 g/mol. The minimum absolute atomic E-state index is 0.0913. The lowest BCUT2D eigenvalue weighted by Crippen LogP contribution is -2.13. The molecule has 0 atom stereocenters. The Morgan fingerprint density at radius 3 is 2.50 bits per heavy atom. The molecular formula is C16H15F2NO3. The maximum Gasteiger partial charge on any atom is 0.387 e. The van der Waals surface area contributed by atoms with Gasteiger partial charge in [-0.3, -0.25) is 4.79 Å². The van der Waals surface area contributed by atoms with Crippen molar-refractivity contribution >= 4 is 11.6 Å². The molecule has 0 saturated heterocycles. The number of amides is 1. The van der Waals surface area contributed by atoms with Crippen molar-refractivity contribution < 1.29 is 23.0 Å². The Bertz CT molecular complexity index is 674.